The number of hydrogen-bond donors (Lipinski definition) is 0. The Bertz CT molecular complexity index is 351. The number of halogens is 3. The molecule has 3 nitrogen and oxygen atoms in total. The maximum atomic E-state index is 11.8. The smallest absolute Gasteiger partial charge is 0.388 e. The Morgan fingerprint density at radius 3 is 2.85 bits per heavy atom. The van der Waals surface area contributed by atoms with Crippen LogP contribution in [0.3, 0.4) is 0 Å². The Balaban J connectivity index is 3.01. The van der Waals surface area contributed by atoms with Crippen molar-refractivity contribution in [3.05, 3.63) is 22.3 Å². The van der Waals surface area contributed by atoms with Gasteiger partial charge in [0.25, 0.3) is 0 Å². The van der Waals surface area contributed by atoms with Gasteiger partial charge in [0.05, 0.1) is 0 Å². The van der Waals surface area contributed by atoms with Gasteiger partial charge in [-0.15, -0.1) is 0 Å². The van der Waals surface area contributed by atoms with Crippen LogP contribution >= 0.6 is 15.9 Å². The lowest BCUT2D eigenvalue weighted by Crippen LogP contribution is -2.05. The molecule has 1 heterocycles. The first kappa shape index (κ1) is 9.86. The summed E-state index contributed by atoms with van der Waals surface area (Å²) in [7, 11) is 0. The first-order chi connectivity index (χ1) is 6.13. The summed E-state index contributed by atoms with van der Waals surface area (Å²) in [5, 5.41) is 8.52. The van der Waals surface area contributed by atoms with E-state index in [1.165, 1.54) is 12.3 Å². The van der Waals surface area contributed by atoms with Gasteiger partial charge in [-0.2, -0.15) is 14.0 Å². The van der Waals surface area contributed by atoms with Crippen molar-refractivity contribution in [3.63, 3.8) is 0 Å². The van der Waals surface area contributed by atoms with Crippen LogP contribution in [0, 0.1) is 11.3 Å². The van der Waals surface area contributed by atoms with Gasteiger partial charge in [-0.25, -0.2) is 4.98 Å². The second-order valence-corrected chi connectivity index (χ2v) is 2.91. The molecule has 68 valence electrons. The highest BCUT2D eigenvalue weighted by Gasteiger charge is 2.10. The predicted octanol–water partition coefficient (Wildman–Crippen LogP) is 2.32. The molecule has 0 bridgehead atoms. The van der Waals surface area contributed by atoms with Crippen LogP contribution in [0.25, 0.3) is 0 Å². The number of alkyl halides is 2. The van der Waals surface area contributed by atoms with Crippen LogP contribution in [0.1, 0.15) is 5.56 Å². The third-order valence-electron chi connectivity index (χ3n) is 1.14. The minimum atomic E-state index is -2.97. The van der Waals surface area contributed by atoms with Crippen molar-refractivity contribution in [2.24, 2.45) is 0 Å². The molecule has 1 rings (SSSR count). The van der Waals surface area contributed by atoms with Gasteiger partial charge in [0, 0.05) is 10.7 Å². The average Bonchev–Trinajstić information content (AvgIpc) is 2.07. The lowest BCUT2D eigenvalue weighted by molar-refractivity contribution is -0.0530. The molecule has 0 aromatic carbocycles. The Labute approximate surface area is 81.1 Å². The van der Waals surface area contributed by atoms with Crippen molar-refractivity contribution < 1.29 is 13.5 Å². The van der Waals surface area contributed by atoms with Gasteiger partial charge < -0.3 is 4.74 Å². The number of rotatable bonds is 2. The highest BCUT2D eigenvalue weighted by molar-refractivity contribution is 9.10. The molecule has 1 aromatic heterocycles. The molecule has 0 amide bonds. The molecule has 0 aliphatic carbocycles. The van der Waals surface area contributed by atoms with Gasteiger partial charge in [-0.1, -0.05) is 0 Å². The second kappa shape index (κ2) is 4.14. The van der Waals surface area contributed by atoms with Crippen LogP contribution in [-0.4, -0.2) is 11.6 Å². The summed E-state index contributed by atoms with van der Waals surface area (Å²) in [6, 6.07) is 3.04. The molecule has 0 atom stereocenters. The van der Waals surface area contributed by atoms with Gasteiger partial charge in [-0.05, 0) is 22.0 Å². The highest BCUT2D eigenvalue weighted by Crippen LogP contribution is 2.20. The zero-order valence-electron chi connectivity index (χ0n) is 6.17. The molecule has 0 aliphatic rings. The topological polar surface area (TPSA) is 45.9 Å². The molecule has 0 N–H and O–H groups in total. The summed E-state index contributed by atoms with van der Waals surface area (Å²) in [5.74, 6) is -0.360. The number of hydrogen-bond acceptors (Lipinski definition) is 3. The monoisotopic (exact) mass is 248 g/mol. The number of aromatic nitrogens is 1. The minimum Gasteiger partial charge on any atom is -0.415 e. The molecular weight excluding hydrogens is 246 g/mol. The van der Waals surface area contributed by atoms with E-state index in [9.17, 15) is 8.78 Å². The fourth-order valence-electron chi connectivity index (χ4n) is 0.685. The Morgan fingerprint density at radius 1 is 1.62 bits per heavy atom. The molecule has 0 aliphatic heterocycles. The summed E-state index contributed by atoms with van der Waals surface area (Å²) in [6.07, 6.45) is 1.28. The number of ether oxygens (including phenoxy) is 1. The van der Waals surface area contributed by atoms with E-state index in [2.05, 4.69) is 25.7 Å². The Hall–Kier alpha value is -1.22. The summed E-state index contributed by atoms with van der Waals surface area (Å²) < 4.78 is 28.0. The largest absolute Gasteiger partial charge is 0.415 e. The predicted molar refractivity (Wildman–Crippen MR) is 43.3 cm³/mol. The fraction of sp³-hybridized carbons (Fsp3) is 0.143. The summed E-state index contributed by atoms with van der Waals surface area (Å²) in [4.78, 5) is 3.52. The van der Waals surface area contributed by atoms with Crippen LogP contribution in [0.2, 0.25) is 0 Å². The fourth-order valence-corrected chi connectivity index (χ4v) is 1.02. The van der Waals surface area contributed by atoms with Crippen molar-refractivity contribution >= 4 is 15.9 Å². The van der Waals surface area contributed by atoms with Crippen LogP contribution in [0.4, 0.5) is 8.78 Å². The molecule has 0 spiro atoms. The second-order valence-electron chi connectivity index (χ2n) is 2.00. The van der Waals surface area contributed by atoms with Gasteiger partial charge in [0.1, 0.15) is 11.6 Å². The highest BCUT2D eigenvalue weighted by atomic mass is 79.9. The number of nitriles is 1. The van der Waals surface area contributed by atoms with Gasteiger partial charge in [-0.3, -0.25) is 0 Å². The van der Waals surface area contributed by atoms with E-state index < -0.39 is 6.61 Å². The summed E-state index contributed by atoms with van der Waals surface area (Å²) in [6.45, 7) is -2.97. The standard InChI is InChI=1S/C7H3BrF2N2O/c8-5-1-4(2-11)6(12-3-5)13-7(9)10/h1,3,7H. The van der Waals surface area contributed by atoms with Gasteiger partial charge in [0.15, 0.2) is 0 Å². The van der Waals surface area contributed by atoms with Crippen molar-refractivity contribution in [1.82, 2.24) is 4.98 Å². The lowest BCUT2D eigenvalue weighted by atomic mass is 10.3. The molecule has 0 radical (unpaired) electrons. The maximum Gasteiger partial charge on any atom is 0.388 e. The van der Waals surface area contributed by atoms with E-state index in [1.54, 1.807) is 6.07 Å². The average molecular weight is 249 g/mol. The van der Waals surface area contributed by atoms with Crippen LogP contribution in [0.15, 0.2) is 16.7 Å². The third-order valence-corrected chi connectivity index (χ3v) is 1.57. The normalized spacial score (nSPS) is 9.77. The molecule has 13 heavy (non-hydrogen) atoms. The minimum absolute atomic E-state index is 0.0327. The first-order valence-electron chi connectivity index (χ1n) is 3.14. The zero-order chi connectivity index (χ0) is 9.84. The quantitative estimate of drug-likeness (QED) is 0.807. The Kier molecular flexibility index (Phi) is 3.14. The molecule has 1 aromatic rings. The van der Waals surface area contributed by atoms with E-state index >= 15 is 0 Å². The van der Waals surface area contributed by atoms with Crippen molar-refractivity contribution in [2.45, 2.75) is 6.61 Å². The van der Waals surface area contributed by atoms with Gasteiger partial charge >= 0.3 is 6.61 Å². The first-order valence-corrected chi connectivity index (χ1v) is 3.93. The molecule has 0 saturated carbocycles. The van der Waals surface area contributed by atoms with E-state index in [0.29, 0.717) is 4.47 Å². The summed E-state index contributed by atoms with van der Waals surface area (Å²) >= 11 is 3.05. The molecule has 0 unspecified atom stereocenters. The van der Waals surface area contributed by atoms with E-state index in [-0.39, 0.29) is 11.4 Å². The molecular formula is C7H3BrF2N2O. The van der Waals surface area contributed by atoms with E-state index in [4.69, 9.17) is 5.26 Å². The van der Waals surface area contributed by atoms with Gasteiger partial charge in [0.2, 0.25) is 5.88 Å². The van der Waals surface area contributed by atoms with Crippen LogP contribution in [-0.2, 0) is 0 Å². The molecule has 0 saturated heterocycles. The Morgan fingerprint density at radius 2 is 2.31 bits per heavy atom. The summed E-state index contributed by atoms with van der Waals surface area (Å²) in [5.41, 5.74) is -0.0327. The number of nitrogens with zero attached hydrogens (tertiary/aromatic N) is 2. The SMILES string of the molecule is N#Cc1cc(Br)cnc1OC(F)F. The van der Waals surface area contributed by atoms with Crippen LogP contribution < -0.4 is 4.74 Å². The molecule has 6 heteroatoms. The van der Waals surface area contributed by atoms with Crippen LogP contribution in [0.5, 0.6) is 5.88 Å². The maximum absolute atomic E-state index is 11.8. The number of pyridine rings is 1. The molecule has 0 fully saturated rings. The van der Waals surface area contributed by atoms with Crippen molar-refractivity contribution in [2.75, 3.05) is 0 Å². The van der Waals surface area contributed by atoms with Crippen molar-refractivity contribution in [3.8, 4) is 11.9 Å². The third kappa shape index (κ3) is 2.63. The van der Waals surface area contributed by atoms with E-state index in [1.807, 2.05) is 0 Å². The zero-order valence-corrected chi connectivity index (χ0v) is 7.75. The van der Waals surface area contributed by atoms with Crippen molar-refractivity contribution in [1.29, 1.82) is 5.26 Å². The van der Waals surface area contributed by atoms with E-state index in [0.717, 1.165) is 0 Å². The lowest BCUT2D eigenvalue weighted by Gasteiger charge is -2.04.